The number of aromatic nitrogens is 1. The molecule has 1 heterocycles. The summed E-state index contributed by atoms with van der Waals surface area (Å²) in [5.41, 5.74) is 3.02. The molecule has 0 aliphatic rings. The first-order valence-corrected chi connectivity index (χ1v) is 9.24. The number of rotatable bonds is 7. The third-order valence-corrected chi connectivity index (χ3v) is 4.39. The van der Waals surface area contributed by atoms with Crippen molar-refractivity contribution >= 4 is 28.8 Å². The van der Waals surface area contributed by atoms with Gasteiger partial charge in [0.2, 0.25) is 0 Å². The Kier molecular flexibility index (Phi) is 6.22. The Hall–Kier alpha value is -3.41. The molecule has 0 aliphatic heterocycles. The lowest BCUT2D eigenvalue weighted by atomic mass is 10.2. The molecule has 3 aromatic rings. The van der Waals surface area contributed by atoms with Gasteiger partial charge in [0.25, 0.3) is 5.91 Å². The average Bonchev–Trinajstić information content (AvgIpc) is 2.72. The number of nitrogens with one attached hydrogen (secondary N) is 2. The highest BCUT2D eigenvalue weighted by Crippen LogP contribution is 2.19. The zero-order valence-corrected chi connectivity index (χ0v) is 15.9. The van der Waals surface area contributed by atoms with E-state index in [-0.39, 0.29) is 11.7 Å². The summed E-state index contributed by atoms with van der Waals surface area (Å²) in [5.74, 6) is -0.0186. The molecule has 144 valence electrons. The molecule has 28 heavy (non-hydrogen) atoms. The number of nitrogens with zero attached hydrogens (tertiary/aromatic N) is 2. The molecule has 0 radical (unpaired) electrons. The number of amides is 1. The number of carbonyl (C=O) groups is 1. The van der Waals surface area contributed by atoms with Crippen molar-refractivity contribution in [1.29, 1.82) is 0 Å². The van der Waals surface area contributed by atoms with Gasteiger partial charge in [-0.25, -0.2) is 9.37 Å². The van der Waals surface area contributed by atoms with E-state index in [2.05, 4.69) is 34.4 Å². The number of carbonyl (C=O) groups excluding carboxylic acids is 1. The first-order chi connectivity index (χ1) is 13.6. The molecule has 0 aliphatic carbocycles. The molecule has 2 N–H and O–H groups in total. The van der Waals surface area contributed by atoms with Gasteiger partial charge in [-0.2, -0.15) is 0 Å². The van der Waals surface area contributed by atoms with Gasteiger partial charge < -0.3 is 15.5 Å². The summed E-state index contributed by atoms with van der Waals surface area (Å²) in [5, 5.41) is 5.96. The third kappa shape index (κ3) is 4.85. The predicted octanol–water partition coefficient (Wildman–Crippen LogP) is 5.06. The maximum atomic E-state index is 13.0. The summed E-state index contributed by atoms with van der Waals surface area (Å²) < 4.78 is 13.0. The standard InChI is InChI=1S/C22H23FN4O/c1-3-27(4-2)20-11-9-19(10-12-20)26-22(28)16-13-14-24-21(15-16)25-18-7-5-17(23)6-8-18/h5-15H,3-4H2,1-2H3,(H,24,25)(H,26,28). The maximum Gasteiger partial charge on any atom is 0.255 e. The third-order valence-electron chi connectivity index (χ3n) is 4.39. The minimum atomic E-state index is -0.307. The van der Waals surface area contributed by atoms with Gasteiger partial charge in [-0.1, -0.05) is 0 Å². The van der Waals surface area contributed by atoms with E-state index in [4.69, 9.17) is 0 Å². The molecule has 2 aromatic carbocycles. The Bertz CT molecular complexity index is 922. The normalized spacial score (nSPS) is 10.4. The minimum absolute atomic E-state index is 0.222. The van der Waals surface area contributed by atoms with Crippen LogP contribution in [0.2, 0.25) is 0 Å². The van der Waals surface area contributed by atoms with Crippen LogP contribution in [-0.2, 0) is 0 Å². The molecule has 0 spiro atoms. The van der Waals surface area contributed by atoms with E-state index in [0.717, 1.165) is 24.5 Å². The van der Waals surface area contributed by atoms with Crippen LogP contribution in [-0.4, -0.2) is 24.0 Å². The number of hydrogen-bond acceptors (Lipinski definition) is 4. The number of pyridine rings is 1. The van der Waals surface area contributed by atoms with E-state index >= 15 is 0 Å². The quantitative estimate of drug-likeness (QED) is 0.603. The van der Waals surface area contributed by atoms with Crippen LogP contribution in [0.15, 0.2) is 66.9 Å². The second-order valence-corrected chi connectivity index (χ2v) is 6.23. The first-order valence-electron chi connectivity index (χ1n) is 9.24. The van der Waals surface area contributed by atoms with Crippen molar-refractivity contribution in [2.45, 2.75) is 13.8 Å². The molecule has 5 nitrogen and oxygen atoms in total. The fraction of sp³-hybridized carbons (Fsp3) is 0.182. The number of hydrogen-bond donors (Lipinski definition) is 2. The van der Waals surface area contributed by atoms with Crippen LogP contribution in [0, 0.1) is 5.82 Å². The van der Waals surface area contributed by atoms with Crippen LogP contribution in [0.3, 0.4) is 0 Å². The van der Waals surface area contributed by atoms with Crippen molar-refractivity contribution in [3.05, 3.63) is 78.2 Å². The smallest absolute Gasteiger partial charge is 0.255 e. The Labute approximate surface area is 164 Å². The van der Waals surface area contributed by atoms with Crippen molar-refractivity contribution in [3.63, 3.8) is 0 Å². The highest BCUT2D eigenvalue weighted by molar-refractivity contribution is 6.04. The van der Waals surface area contributed by atoms with Crippen LogP contribution >= 0.6 is 0 Å². The van der Waals surface area contributed by atoms with Gasteiger partial charge in [0.15, 0.2) is 0 Å². The zero-order chi connectivity index (χ0) is 19.9. The fourth-order valence-electron chi connectivity index (χ4n) is 2.87. The predicted molar refractivity (Wildman–Crippen MR) is 112 cm³/mol. The summed E-state index contributed by atoms with van der Waals surface area (Å²) in [7, 11) is 0. The highest BCUT2D eigenvalue weighted by atomic mass is 19.1. The topological polar surface area (TPSA) is 57.3 Å². The van der Waals surface area contributed by atoms with Gasteiger partial charge in [-0.3, -0.25) is 4.79 Å². The summed E-state index contributed by atoms with van der Waals surface area (Å²) >= 11 is 0. The minimum Gasteiger partial charge on any atom is -0.372 e. The van der Waals surface area contributed by atoms with Gasteiger partial charge in [0.05, 0.1) is 0 Å². The molecule has 1 aromatic heterocycles. The van der Waals surface area contributed by atoms with E-state index in [1.54, 1.807) is 30.5 Å². The Morgan fingerprint density at radius 3 is 2.25 bits per heavy atom. The van der Waals surface area contributed by atoms with Crippen molar-refractivity contribution in [3.8, 4) is 0 Å². The molecule has 0 atom stereocenters. The van der Waals surface area contributed by atoms with Crippen LogP contribution < -0.4 is 15.5 Å². The SMILES string of the molecule is CCN(CC)c1ccc(NC(=O)c2ccnc(Nc3ccc(F)cc3)c2)cc1. The van der Waals surface area contributed by atoms with Gasteiger partial charge in [0, 0.05) is 41.9 Å². The van der Waals surface area contributed by atoms with E-state index in [9.17, 15) is 9.18 Å². The first kappa shape index (κ1) is 19.4. The van der Waals surface area contributed by atoms with Gasteiger partial charge in [-0.15, -0.1) is 0 Å². The lowest BCUT2D eigenvalue weighted by molar-refractivity contribution is 0.102. The Morgan fingerprint density at radius 1 is 0.964 bits per heavy atom. The lowest BCUT2D eigenvalue weighted by Gasteiger charge is -2.21. The Balaban J connectivity index is 1.68. The largest absolute Gasteiger partial charge is 0.372 e. The van der Waals surface area contributed by atoms with Crippen molar-refractivity contribution in [2.24, 2.45) is 0 Å². The monoisotopic (exact) mass is 378 g/mol. The Morgan fingerprint density at radius 2 is 1.61 bits per heavy atom. The summed E-state index contributed by atoms with van der Waals surface area (Å²) in [6, 6.07) is 17.0. The van der Waals surface area contributed by atoms with Crippen LogP contribution in [0.25, 0.3) is 0 Å². The van der Waals surface area contributed by atoms with Crippen molar-refractivity contribution in [1.82, 2.24) is 4.98 Å². The molecule has 0 fully saturated rings. The lowest BCUT2D eigenvalue weighted by Crippen LogP contribution is -2.21. The van der Waals surface area contributed by atoms with Crippen molar-refractivity contribution in [2.75, 3.05) is 28.6 Å². The molecule has 3 rings (SSSR count). The number of halogens is 1. The zero-order valence-electron chi connectivity index (χ0n) is 15.9. The number of anilines is 4. The van der Waals surface area contributed by atoms with E-state index in [1.165, 1.54) is 12.1 Å². The number of benzene rings is 2. The average molecular weight is 378 g/mol. The summed E-state index contributed by atoms with van der Waals surface area (Å²) in [6.07, 6.45) is 1.56. The fourth-order valence-corrected chi connectivity index (χ4v) is 2.87. The van der Waals surface area contributed by atoms with Gasteiger partial charge in [0.1, 0.15) is 11.6 Å². The van der Waals surface area contributed by atoms with E-state index in [0.29, 0.717) is 17.1 Å². The molecule has 0 unspecified atom stereocenters. The van der Waals surface area contributed by atoms with Gasteiger partial charge in [-0.05, 0) is 74.5 Å². The van der Waals surface area contributed by atoms with Gasteiger partial charge >= 0.3 is 0 Å². The van der Waals surface area contributed by atoms with Crippen LogP contribution in [0.1, 0.15) is 24.2 Å². The molecule has 0 saturated heterocycles. The van der Waals surface area contributed by atoms with Crippen molar-refractivity contribution < 1.29 is 9.18 Å². The molecule has 0 bridgehead atoms. The second-order valence-electron chi connectivity index (χ2n) is 6.23. The molecular weight excluding hydrogens is 355 g/mol. The van der Waals surface area contributed by atoms with Crippen LogP contribution in [0.5, 0.6) is 0 Å². The maximum absolute atomic E-state index is 13.0. The highest BCUT2D eigenvalue weighted by Gasteiger charge is 2.09. The summed E-state index contributed by atoms with van der Waals surface area (Å²) in [4.78, 5) is 19.0. The molecule has 1 amide bonds. The van der Waals surface area contributed by atoms with E-state index in [1.807, 2.05) is 24.3 Å². The second kappa shape index (κ2) is 8.99. The van der Waals surface area contributed by atoms with Crippen LogP contribution in [0.4, 0.5) is 27.3 Å². The molecular formula is C22H23FN4O. The van der Waals surface area contributed by atoms with E-state index < -0.39 is 0 Å². The summed E-state index contributed by atoms with van der Waals surface area (Å²) in [6.45, 7) is 6.09. The molecule has 6 heteroatoms. The molecule has 0 saturated carbocycles.